The Hall–Kier alpha value is -3.75. The Balaban J connectivity index is 1.71. The van der Waals surface area contributed by atoms with Crippen molar-refractivity contribution in [3.63, 3.8) is 0 Å². The standard InChI is InChI=1S/C15H11N5O4/c21-14(9-4-3-5-10(8-9)20(23)24)18-19-15(22)13-11-6-1-2-7-12(11)16-17-13/h1-8H,(H,16,17)(H,18,21)(H,19,22). The number of hydrogen-bond acceptors (Lipinski definition) is 5. The maximum absolute atomic E-state index is 12.1. The van der Waals surface area contributed by atoms with Crippen LogP contribution in [0.25, 0.3) is 10.9 Å². The van der Waals surface area contributed by atoms with E-state index in [1.54, 1.807) is 24.3 Å². The average Bonchev–Trinajstić information content (AvgIpc) is 3.03. The zero-order chi connectivity index (χ0) is 17.1. The second-order valence-electron chi connectivity index (χ2n) is 4.83. The van der Waals surface area contributed by atoms with Gasteiger partial charge in [0.2, 0.25) is 0 Å². The molecule has 0 spiro atoms. The lowest BCUT2D eigenvalue weighted by atomic mass is 10.2. The van der Waals surface area contributed by atoms with Gasteiger partial charge in [-0.15, -0.1) is 0 Å². The van der Waals surface area contributed by atoms with Crippen LogP contribution in [0.1, 0.15) is 20.8 Å². The number of non-ortho nitro benzene ring substituents is 1. The number of hydrogen-bond donors (Lipinski definition) is 3. The third kappa shape index (κ3) is 2.90. The van der Waals surface area contributed by atoms with Gasteiger partial charge in [-0.3, -0.25) is 35.7 Å². The quantitative estimate of drug-likeness (QED) is 0.497. The van der Waals surface area contributed by atoms with Gasteiger partial charge in [0.15, 0.2) is 5.69 Å². The molecule has 3 rings (SSSR count). The molecule has 2 amide bonds. The number of benzene rings is 2. The first kappa shape index (κ1) is 15.2. The van der Waals surface area contributed by atoms with E-state index in [9.17, 15) is 19.7 Å². The van der Waals surface area contributed by atoms with Gasteiger partial charge in [0.05, 0.1) is 10.4 Å². The first-order chi connectivity index (χ1) is 11.6. The Morgan fingerprint density at radius 1 is 1.04 bits per heavy atom. The van der Waals surface area contributed by atoms with Crippen molar-refractivity contribution >= 4 is 28.4 Å². The van der Waals surface area contributed by atoms with E-state index < -0.39 is 16.7 Å². The number of fused-ring (bicyclic) bond motifs is 1. The summed E-state index contributed by atoms with van der Waals surface area (Å²) in [6, 6.07) is 12.2. The fourth-order valence-corrected chi connectivity index (χ4v) is 2.14. The number of carbonyl (C=O) groups excluding carboxylic acids is 2. The second-order valence-corrected chi connectivity index (χ2v) is 4.83. The van der Waals surface area contributed by atoms with Gasteiger partial charge in [0.1, 0.15) is 0 Å². The maximum atomic E-state index is 12.1. The summed E-state index contributed by atoms with van der Waals surface area (Å²) in [6.45, 7) is 0. The lowest BCUT2D eigenvalue weighted by molar-refractivity contribution is -0.384. The first-order valence-corrected chi connectivity index (χ1v) is 6.84. The van der Waals surface area contributed by atoms with Crippen LogP contribution in [0.3, 0.4) is 0 Å². The Kier molecular flexibility index (Phi) is 3.89. The predicted octanol–water partition coefficient (Wildman–Crippen LogP) is 1.55. The fourth-order valence-electron chi connectivity index (χ4n) is 2.14. The molecule has 3 N–H and O–H groups in total. The number of para-hydroxylation sites is 1. The van der Waals surface area contributed by atoms with E-state index in [1.807, 2.05) is 0 Å². The monoisotopic (exact) mass is 325 g/mol. The van der Waals surface area contributed by atoms with Crippen LogP contribution in [0.4, 0.5) is 5.69 Å². The molecule has 0 saturated heterocycles. The van der Waals surface area contributed by atoms with Crippen molar-refractivity contribution in [2.45, 2.75) is 0 Å². The smallest absolute Gasteiger partial charge is 0.277 e. The van der Waals surface area contributed by atoms with Crippen molar-refractivity contribution in [3.05, 3.63) is 69.9 Å². The third-order valence-electron chi connectivity index (χ3n) is 3.29. The minimum atomic E-state index is -0.674. The van der Waals surface area contributed by atoms with Gasteiger partial charge >= 0.3 is 0 Å². The molecule has 0 fully saturated rings. The average molecular weight is 325 g/mol. The van der Waals surface area contributed by atoms with E-state index in [0.29, 0.717) is 10.9 Å². The highest BCUT2D eigenvalue weighted by molar-refractivity contribution is 6.05. The van der Waals surface area contributed by atoms with Crippen LogP contribution < -0.4 is 10.9 Å². The minimum Gasteiger partial charge on any atom is -0.277 e. The summed E-state index contributed by atoms with van der Waals surface area (Å²) in [5, 5.41) is 17.9. The molecule has 120 valence electrons. The normalized spacial score (nSPS) is 10.3. The van der Waals surface area contributed by atoms with E-state index in [-0.39, 0.29) is 16.9 Å². The third-order valence-corrected chi connectivity index (χ3v) is 3.29. The Morgan fingerprint density at radius 3 is 2.58 bits per heavy atom. The molecule has 24 heavy (non-hydrogen) atoms. The van der Waals surface area contributed by atoms with Crippen LogP contribution in [-0.4, -0.2) is 26.9 Å². The van der Waals surface area contributed by atoms with Crippen molar-refractivity contribution in [1.82, 2.24) is 21.0 Å². The molecule has 1 heterocycles. The van der Waals surface area contributed by atoms with Crippen LogP contribution in [0.5, 0.6) is 0 Å². The van der Waals surface area contributed by atoms with E-state index in [4.69, 9.17) is 0 Å². The van der Waals surface area contributed by atoms with Gasteiger partial charge in [0.25, 0.3) is 17.5 Å². The number of rotatable bonds is 3. The number of nitrogens with one attached hydrogen (secondary N) is 3. The highest BCUT2D eigenvalue weighted by atomic mass is 16.6. The van der Waals surface area contributed by atoms with E-state index in [2.05, 4.69) is 21.0 Å². The van der Waals surface area contributed by atoms with Crippen LogP contribution in [0.2, 0.25) is 0 Å². The zero-order valence-electron chi connectivity index (χ0n) is 12.1. The molecule has 0 aliphatic rings. The van der Waals surface area contributed by atoms with Gasteiger partial charge < -0.3 is 0 Å². The number of carbonyl (C=O) groups is 2. The number of hydrazine groups is 1. The van der Waals surface area contributed by atoms with Crippen molar-refractivity contribution in [2.24, 2.45) is 0 Å². The lowest BCUT2D eigenvalue weighted by Gasteiger charge is -2.06. The van der Waals surface area contributed by atoms with Crippen LogP contribution >= 0.6 is 0 Å². The molecular weight excluding hydrogens is 314 g/mol. The Bertz CT molecular complexity index is 950. The van der Waals surface area contributed by atoms with Crippen LogP contribution in [0.15, 0.2) is 48.5 Å². The summed E-state index contributed by atoms with van der Waals surface area (Å²) in [5.41, 5.74) is 5.09. The SMILES string of the molecule is O=C(NNC(=O)c1n[nH]c2ccccc12)c1cccc([N+](=O)[O-])c1. The molecule has 1 aromatic heterocycles. The van der Waals surface area contributed by atoms with Gasteiger partial charge in [-0.2, -0.15) is 5.10 Å². The first-order valence-electron chi connectivity index (χ1n) is 6.84. The van der Waals surface area contributed by atoms with E-state index in [1.165, 1.54) is 18.2 Å². The number of H-pyrrole nitrogens is 1. The van der Waals surface area contributed by atoms with Crippen molar-refractivity contribution in [3.8, 4) is 0 Å². The number of aromatic nitrogens is 2. The summed E-state index contributed by atoms with van der Waals surface area (Å²) in [6.07, 6.45) is 0. The van der Waals surface area contributed by atoms with Gasteiger partial charge in [-0.25, -0.2) is 0 Å². The van der Waals surface area contributed by atoms with Crippen molar-refractivity contribution in [2.75, 3.05) is 0 Å². The summed E-state index contributed by atoms with van der Waals surface area (Å²) >= 11 is 0. The van der Waals surface area contributed by atoms with Crippen molar-refractivity contribution < 1.29 is 14.5 Å². The molecule has 3 aromatic rings. The number of nitrogens with zero attached hydrogens (tertiary/aromatic N) is 2. The predicted molar refractivity (Wildman–Crippen MR) is 84.1 cm³/mol. The topological polar surface area (TPSA) is 130 Å². The van der Waals surface area contributed by atoms with Gasteiger partial charge in [-0.1, -0.05) is 24.3 Å². The number of aromatic amines is 1. The van der Waals surface area contributed by atoms with Crippen LogP contribution in [0, 0.1) is 10.1 Å². The highest BCUT2D eigenvalue weighted by Crippen LogP contribution is 2.15. The number of amides is 2. The summed E-state index contributed by atoms with van der Waals surface area (Å²) < 4.78 is 0. The van der Waals surface area contributed by atoms with E-state index in [0.717, 1.165) is 6.07 Å². The molecule has 0 bridgehead atoms. The van der Waals surface area contributed by atoms with Gasteiger partial charge in [0, 0.05) is 23.1 Å². The molecule has 0 atom stereocenters. The largest absolute Gasteiger partial charge is 0.290 e. The van der Waals surface area contributed by atoms with Crippen LogP contribution in [-0.2, 0) is 0 Å². The minimum absolute atomic E-state index is 0.0522. The Morgan fingerprint density at radius 2 is 1.79 bits per heavy atom. The molecule has 0 aliphatic carbocycles. The molecule has 2 aromatic carbocycles. The molecule has 9 nitrogen and oxygen atoms in total. The Labute approximate surface area is 134 Å². The summed E-state index contributed by atoms with van der Waals surface area (Å²) in [5.74, 6) is -1.28. The summed E-state index contributed by atoms with van der Waals surface area (Å²) in [4.78, 5) is 34.2. The van der Waals surface area contributed by atoms with Crippen molar-refractivity contribution in [1.29, 1.82) is 0 Å². The molecule has 0 unspecified atom stereocenters. The highest BCUT2D eigenvalue weighted by Gasteiger charge is 2.16. The molecule has 0 saturated carbocycles. The summed E-state index contributed by atoms with van der Waals surface area (Å²) in [7, 11) is 0. The molecule has 9 heteroatoms. The fraction of sp³-hybridized carbons (Fsp3) is 0. The maximum Gasteiger partial charge on any atom is 0.290 e. The molecule has 0 aliphatic heterocycles. The number of nitro groups is 1. The molecular formula is C15H11N5O4. The van der Waals surface area contributed by atoms with Gasteiger partial charge in [-0.05, 0) is 12.1 Å². The second kappa shape index (κ2) is 6.16. The van der Waals surface area contributed by atoms with E-state index >= 15 is 0 Å². The molecule has 0 radical (unpaired) electrons. The number of nitro benzene ring substituents is 1. The lowest BCUT2D eigenvalue weighted by Crippen LogP contribution is -2.41. The zero-order valence-corrected chi connectivity index (χ0v) is 12.1.